The van der Waals surface area contributed by atoms with Crippen molar-refractivity contribution in [2.45, 2.75) is 25.9 Å². The van der Waals surface area contributed by atoms with Crippen molar-refractivity contribution in [3.63, 3.8) is 0 Å². The SMILES string of the molecule is O=C(Cc1ccc(OC(F)F)cc1)N1CCN(Cc2ccc(OC(F)(F)F)cc2)CC1. The van der Waals surface area contributed by atoms with E-state index in [1.807, 2.05) is 0 Å². The van der Waals surface area contributed by atoms with Gasteiger partial charge in [-0.15, -0.1) is 13.2 Å². The lowest BCUT2D eigenvalue weighted by atomic mass is 10.1. The van der Waals surface area contributed by atoms with E-state index in [9.17, 15) is 26.7 Å². The molecule has 1 amide bonds. The summed E-state index contributed by atoms with van der Waals surface area (Å²) in [5.41, 5.74) is 1.55. The number of carbonyl (C=O) groups is 1. The van der Waals surface area contributed by atoms with Crippen molar-refractivity contribution in [1.29, 1.82) is 0 Å². The van der Waals surface area contributed by atoms with Crippen LogP contribution in [-0.4, -0.2) is 54.9 Å². The van der Waals surface area contributed by atoms with Crippen LogP contribution in [0.15, 0.2) is 48.5 Å². The number of nitrogens with zero attached hydrogens (tertiary/aromatic N) is 2. The number of alkyl halides is 5. The highest BCUT2D eigenvalue weighted by Crippen LogP contribution is 2.23. The quantitative estimate of drug-likeness (QED) is 0.604. The minimum atomic E-state index is -4.72. The number of carbonyl (C=O) groups excluding carboxylic acids is 1. The predicted molar refractivity (Wildman–Crippen MR) is 102 cm³/mol. The number of hydrogen-bond donors (Lipinski definition) is 0. The molecule has 5 nitrogen and oxygen atoms in total. The van der Waals surface area contributed by atoms with Gasteiger partial charge in [-0.05, 0) is 35.4 Å². The van der Waals surface area contributed by atoms with Gasteiger partial charge in [0.05, 0.1) is 6.42 Å². The van der Waals surface area contributed by atoms with Crippen LogP contribution in [0.3, 0.4) is 0 Å². The molecule has 0 unspecified atom stereocenters. The summed E-state index contributed by atoms with van der Waals surface area (Å²) in [6.45, 7) is -0.0159. The summed E-state index contributed by atoms with van der Waals surface area (Å²) in [6.07, 6.45) is -4.55. The van der Waals surface area contributed by atoms with Crippen LogP contribution in [0.25, 0.3) is 0 Å². The van der Waals surface area contributed by atoms with E-state index >= 15 is 0 Å². The van der Waals surface area contributed by atoms with Crippen LogP contribution >= 0.6 is 0 Å². The highest BCUT2D eigenvalue weighted by molar-refractivity contribution is 5.79. The molecule has 2 aromatic rings. The summed E-state index contributed by atoms with van der Waals surface area (Å²) >= 11 is 0. The number of benzene rings is 2. The second-order valence-corrected chi connectivity index (χ2v) is 7.05. The third-order valence-corrected chi connectivity index (χ3v) is 4.79. The van der Waals surface area contributed by atoms with Gasteiger partial charge in [0.25, 0.3) is 0 Å². The molecule has 1 heterocycles. The molecule has 1 fully saturated rings. The first-order chi connectivity index (χ1) is 14.7. The van der Waals surface area contributed by atoms with Crippen molar-refractivity contribution < 1.29 is 36.2 Å². The summed E-state index contributed by atoms with van der Waals surface area (Å²) in [5.74, 6) is -0.283. The van der Waals surface area contributed by atoms with Crippen molar-refractivity contribution >= 4 is 5.91 Å². The predicted octanol–water partition coefficient (Wildman–Crippen LogP) is 4.07. The molecule has 0 atom stereocenters. The molecule has 0 bridgehead atoms. The molecule has 10 heteroatoms. The van der Waals surface area contributed by atoms with E-state index in [0.717, 1.165) is 5.56 Å². The summed E-state index contributed by atoms with van der Waals surface area (Å²) in [7, 11) is 0. The van der Waals surface area contributed by atoms with Gasteiger partial charge in [-0.3, -0.25) is 9.69 Å². The molecule has 1 aliphatic rings. The number of piperazine rings is 1. The molecule has 0 aromatic heterocycles. The number of amides is 1. The zero-order valence-electron chi connectivity index (χ0n) is 16.4. The molecule has 0 spiro atoms. The van der Waals surface area contributed by atoms with Crippen molar-refractivity contribution in [2.75, 3.05) is 26.2 Å². The van der Waals surface area contributed by atoms with Crippen molar-refractivity contribution in [3.05, 3.63) is 59.7 Å². The van der Waals surface area contributed by atoms with Gasteiger partial charge < -0.3 is 14.4 Å². The fourth-order valence-corrected chi connectivity index (χ4v) is 3.29. The van der Waals surface area contributed by atoms with Crippen molar-refractivity contribution in [2.24, 2.45) is 0 Å². The van der Waals surface area contributed by atoms with Gasteiger partial charge in [0.2, 0.25) is 5.91 Å². The topological polar surface area (TPSA) is 42.0 Å². The lowest BCUT2D eigenvalue weighted by Crippen LogP contribution is -2.48. The second-order valence-electron chi connectivity index (χ2n) is 7.05. The molecule has 31 heavy (non-hydrogen) atoms. The molecule has 1 saturated heterocycles. The van der Waals surface area contributed by atoms with Crippen LogP contribution in [0.1, 0.15) is 11.1 Å². The van der Waals surface area contributed by atoms with Crippen LogP contribution in [0.2, 0.25) is 0 Å². The highest BCUT2D eigenvalue weighted by Gasteiger charge is 2.31. The zero-order chi connectivity index (χ0) is 22.4. The van der Waals surface area contributed by atoms with E-state index in [4.69, 9.17) is 0 Å². The van der Waals surface area contributed by atoms with E-state index in [-0.39, 0.29) is 23.8 Å². The maximum Gasteiger partial charge on any atom is 0.573 e. The standard InChI is InChI=1S/C21H21F5N2O3/c22-20(23)30-17-5-1-15(2-6-17)13-19(29)28-11-9-27(10-12-28)14-16-3-7-18(8-4-16)31-21(24,25)26/h1-8,20H,9-14H2. The van der Waals surface area contributed by atoms with Crippen LogP contribution < -0.4 is 9.47 Å². The highest BCUT2D eigenvalue weighted by atomic mass is 19.4. The van der Waals surface area contributed by atoms with Gasteiger partial charge in [0.15, 0.2) is 0 Å². The fraction of sp³-hybridized carbons (Fsp3) is 0.381. The summed E-state index contributed by atoms with van der Waals surface area (Å²) in [4.78, 5) is 16.3. The van der Waals surface area contributed by atoms with Gasteiger partial charge in [-0.2, -0.15) is 8.78 Å². The van der Waals surface area contributed by atoms with Crippen molar-refractivity contribution in [3.8, 4) is 11.5 Å². The van der Waals surface area contributed by atoms with E-state index < -0.39 is 13.0 Å². The first kappa shape index (κ1) is 22.8. The lowest BCUT2D eigenvalue weighted by molar-refractivity contribution is -0.274. The monoisotopic (exact) mass is 444 g/mol. The molecule has 0 radical (unpaired) electrons. The Morgan fingerprint density at radius 1 is 0.871 bits per heavy atom. The first-order valence-corrected chi connectivity index (χ1v) is 9.56. The van der Waals surface area contributed by atoms with E-state index in [1.165, 1.54) is 24.3 Å². The van der Waals surface area contributed by atoms with Gasteiger partial charge in [-0.25, -0.2) is 0 Å². The molecule has 0 aliphatic carbocycles. The number of halogens is 5. The van der Waals surface area contributed by atoms with Gasteiger partial charge in [-0.1, -0.05) is 24.3 Å². The molecule has 2 aromatic carbocycles. The third kappa shape index (κ3) is 7.39. The molecular formula is C21H21F5N2O3. The van der Waals surface area contributed by atoms with Crippen LogP contribution in [0.4, 0.5) is 22.0 Å². The van der Waals surface area contributed by atoms with Crippen LogP contribution in [-0.2, 0) is 17.8 Å². The summed E-state index contributed by atoms with van der Waals surface area (Å²) in [6, 6.07) is 11.7. The number of ether oxygens (including phenoxy) is 2. The average Bonchev–Trinajstić information content (AvgIpc) is 2.70. The summed E-state index contributed by atoms with van der Waals surface area (Å²) in [5, 5.41) is 0. The maximum absolute atomic E-state index is 12.5. The minimum Gasteiger partial charge on any atom is -0.435 e. The Kier molecular flexibility index (Phi) is 7.32. The van der Waals surface area contributed by atoms with E-state index in [0.29, 0.717) is 38.3 Å². The average molecular weight is 444 g/mol. The fourth-order valence-electron chi connectivity index (χ4n) is 3.29. The third-order valence-electron chi connectivity index (χ3n) is 4.79. The van der Waals surface area contributed by atoms with Crippen LogP contribution in [0, 0.1) is 0 Å². The molecule has 1 aliphatic heterocycles. The molecule has 168 valence electrons. The van der Waals surface area contributed by atoms with E-state index in [1.54, 1.807) is 29.2 Å². The zero-order valence-corrected chi connectivity index (χ0v) is 16.4. The van der Waals surface area contributed by atoms with Gasteiger partial charge in [0, 0.05) is 32.7 Å². The Hall–Kier alpha value is -2.88. The maximum atomic E-state index is 12.5. The molecule has 0 saturated carbocycles. The molecule has 3 rings (SSSR count). The van der Waals surface area contributed by atoms with E-state index in [2.05, 4.69) is 14.4 Å². The second kappa shape index (κ2) is 9.95. The van der Waals surface area contributed by atoms with Crippen molar-refractivity contribution in [1.82, 2.24) is 9.80 Å². The van der Waals surface area contributed by atoms with Crippen LogP contribution in [0.5, 0.6) is 11.5 Å². The Labute approximate surface area is 176 Å². The Balaban J connectivity index is 1.44. The Morgan fingerprint density at radius 3 is 1.97 bits per heavy atom. The summed E-state index contributed by atoms with van der Waals surface area (Å²) < 4.78 is 69.2. The smallest absolute Gasteiger partial charge is 0.435 e. The Bertz CT molecular complexity index is 849. The Morgan fingerprint density at radius 2 is 1.42 bits per heavy atom. The largest absolute Gasteiger partial charge is 0.573 e. The number of hydrogen-bond acceptors (Lipinski definition) is 4. The van der Waals surface area contributed by atoms with Gasteiger partial charge >= 0.3 is 13.0 Å². The molecule has 0 N–H and O–H groups in total. The lowest BCUT2D eigenvalue weighted by Gasteiger charge is -2.35. The molecular weight excluding hydrogens is 423 g/mol. The van der Waals surface area contributed by atoms with Gasteiger partial charge in [0.1, 0.15) is 11.5 Å². The minimum absolute atomic E-state index is 0.0396. The normalized spacial score (nSPS) is 15.2. The first-order valence-electron chi connectivity index (χ1n) is 9.56. The number of rotatable bonds is 7.